The van der Waals surface area contributed by atoms with Crippen LogP contribution < -0.4 is 10.6 Å². The van der Waals surface area contributed by atoms with Crippen LogP contribution in [0, 0.1) is 5.92 Å². The second kappa shape index (κ2) is 9.59. The molecule has 0 fully saturated rings. The van der Waals surface area contributed by atoms with Crippen LogP contribution in [0.5, 0.6) is 0 Å². The molecule has 176 valence electrons. The molecule has 5 nitrogen and oxygen atoms in total. The number of urea groups is 1. The number of para-hydroxylation sites is 1. The Hall–Kier alpha value is -3.81. The van der Waals surface area contributed by atoms with Crippen molar-refractivity contribution < 1.29 is 18.0 Å². The summed E-state index contributed by atoms with van der Waals surface area (Å²) in [6.45, 7) is 4.77. The highest BCUT2D eigenvalue weighted by Gasteiger charge is 2.38. The normalized spacial score (nSPS) is 11.7. The molecule has 4 rings (SSSR count). The van der Waals surface area contributed by atoms with Crippen molar-refractivity contribution >= 4 is 22.8 Å². The molecule has 2 N–H and O–H groups in total. The molecule has 1 aromatic heterocycles. The zero-order valence-electron chi connectivity index (χ0n) is 18.9. The van der Waals surface area contributed by atoms with Crippen LogP contribution in [-0.4, -0.2) is 22.1 Å². The number of amides is 2. The number of rotatable bonds is 6. The van der Waals surface area contributed by atoms with Gasteiger partial charge in [-0.2, -0.15) is 13.2 Å². The monoisotopic (exact) mass is 466 g/mol. The van der Waals surface area contributed by atoms with Crippen molar-refractivity contribution in [3.8, 4) is 16.8 Å². The zero-order valence-corrected chi connectivity index (χ0v) is 18.9. The fraction of sp³-hybridized carbons (Fsp3) is 0.231. The van der Waals surface area contributed by atoms with Gasteiger partial charge in [0.05, 0.1) is 11.0 Å². The Balaban J connectivity index is 1.59. The summed E-state index contributed by atoms with van der Waals surface area (Å²) in [6.07, 6.45) is -3.71. The van der Waals surface area contributed by atoms with E-state index in [2.05, 4.69) is 29.5 Å². The van der Waals surface area contributed by atoms with Crippen LogP contribution in [0.4, 0.5) is 23.7 Å². The van der Waals surface area contributed by atoms with Crippen LogP contribution >= 0.6 is 0 Å². The van der Waals surface area contributed by atoms with Gasteiger partial charge in [0.2, 0.25) is 5.82 Å². The third-order valence-corrected chi connectivity index (χ3v) is 5.41. The first-order chi connectivity index (χ1) is 16.2. The number of anilines is 1. The van der Waals surface area contributed by atoms with Crippen molar-refractivity contribution in [1.29, 1.82) is 0 Å². The van der Waals surface area contributed by atoms with Gasteiger partial charge in [0, 0.05) is 17.9 Å². The van der Waals surface area contributed by atoms with Gasteiger partial charge in [-0.15, -0.1) is 0 Å². The Kier molecular flexibility index (Phi) is 6.58. The van der Waals surface area contributed by atoms with Gasteiger partial charge >= 0.3 is 12.2 Å². The third kappa shape index (κ3) is 5.22. The molecule has 1 heterocycles. The molecule has 34 heavy (non-hydrogen) atoms. The van der Waals surface area contributed by atoms with Gasteiger partial charge in [0.15, 0.2) is 0 Å². The van der Waals surface area contributed by atoms with Gasteiger partial charge in [0.1, 0.15) is 0 Å². The molecule has 0 radical (unpaired) electrons. The number of halogens is 3. The average Bonchev–Trinajstić information content (AvgIpc) is 3.19. The van der Waals surface area contributed by atoms with Crippen LogP contribution in [0.25, 0.3) is 27.8 Å². The van der Waals surface area contributed by atoms with Crippen LogP contribution in [0.15, 0.2) is 72.8 Å². The molecule has 3 aromatic carbocycles. The number of carbonyl (C=O) groups is 1. The van der Waals surface area contributed by atoms with Gasteiger partial charge in [-0.05, 0) is 59.9 Å². The lowest BCUT2D eigenvalue weighted by Crippen LogP contribution is -2.30. The van der Waals surface area contributed by atoms with Gasteiger partial charge in [0.25, 0.3) is 0 Å². The second-order valence-corrected chi connectivity index (χ2v) is 8.45. The maximum absolute atomic E-state index is 13.7. The molecule has 0 aliphatic rings. The topological polar surface area (TPSA) is 59.0 Å². The molecular weight excluding hydrogens is 441 g/mol. The van der Waals surface area contributed by atoms with Crippen LogP contribution in [0.3, 0.4) is 0 Å². The summed E-state index contributed by atoms with van der Waals surface area (Å²) < 4.78 is 42.3. The molecule has 0 atom stereocenters. The third-order valence-electron chi connectivity index (χ3n) is 5.41. The molecule has 2 amide bonds. The largest absolute Gasteiger partial charge is 0.450 e. The number of nitrogens with one attached hydrogen (secondary N) is 2. The van der Waals surface area contributed by atoms with Crippen molar-refractivity contribution in [3.63, 3.8) is 0 Å². The zero-order chi connectivity index (χ0) is 24.3. The van der Waals surface area contributed by atoms with Crippen molar-refractivity contribution in [1.82, 2.24) is 14.9 Å². The molecule has 0 unspecified atom stereocenters. The van der Waals surface area contributed by atoms with E-state index < -0.39 is 12.0 Å². The van der Waals surface area contributed by atoms with Crippen molar-refractivity contribution in [2.45, 2.75) is 26.4 Å². The van der Waals surface area contributed by atoms with E-state index in [-0.39, 0.29) is 11.5 Å². The first kappa shape index (κ1) is 23.4. The number of carbonyl (C=O) groups excluding carboxylic acids is 1. The molecule has 0 aliphatic carbocycles. The lowest BCUT2D eigenvalue weighted by atomic mass is 10.0. The van der Waals surface area contributed by atoms with E-state index in [0.29, 0.717) is 29.4 Å². The molecule has 0 saturated heterocycles. The van der Waals surface area contributed by atoms with Crippen molar-refractivity contribution in [2.75, 3.05) is 11.9 Å². The average molecular weight is 467 g/mol. The first-order valence-electron chi connectivity index (χ1n) is 11.0. The lowest BCUT2D eigenvalue weighted by Gasteiger charge is -2.11. The smallest absolute Gasteiger partial charge is 0.338 e. The van der Waals surface area contributed by atoms with Crippen LogP contribution in [-0.2, 0) is 6.18 Å². The second-order valence-electron chi connectivity index (χ2n) is 8.45. The SMILES string of the molecule is CC(C)CCNC(=O)Nc1ccc(-c2ccc3c(c2)nc(C(F)(F)F)n3-c2ccccc2)cc1. The van der Waals surface area contributed by atoms with Gasteiger partial charge in [-0.3, -0.25) is 4.57 Å². The number of hydrogen-bond donors (Lipinski definition) is 2. The minimum Gasteiger partial charge on any atom is -0.338 e. The minimum absolute atomic E-state index is 0.250. The number of imidazole rings is 1. The first-order valence-corrected chi connectivity index (χ1v) is 11.0. The highest BCUT2D eigenvalue weighted by atomic mass is 19.4. The summed E-state index contributed by atoms with van der Waals surface area (Å²) in [4.78, 5) is 15.9. The maximum Gasteiger partial charge on any atom is 0.450 e. The summed E-state index contributed by atoms with van der Waals surface area (Å²) >= 11 is 0. The Morgan fingerprint density at radius 3 is 2.29 bits per heavy atom. The maximum atomic E-state index is 13.7. The number of fused-ring (bicyclic) bond motifs is 1. The number of aromatic nitrogens is 2. The predicted octanol–water partition coefficient (Wildman–Crippen LogP) is 6.88. The molecule has 0 aliphatic heterocycles. The minimum atomic E-state index is -4.60. The fourth-order valence-electron chi connectivity index (χ4n) is 3.68. The Labute approximate surface area is 195 Å². The standard InChI is InChI=1S/C26H25F3N4O/c1-17(2)14-15-30-25(34)31-20-11-8-18(9-12-20)19-10-13-23-22(16-19)32-24(26(27,28)29)33(23)21-6-4-3-5-7-21/h3-13,16-17H,14-15H2,1-2H3,(H2,30,31,34). The molecule has 8 heteroatoms. The van der Waals surface area contributed by atoms with E-state index in [1.54, 1.807) is 60.7 Å². The van der Waals surface area contributed by atoms with Crippen LogP contribution in [0.1, 0.15) is 26.1 Å². The van der Waals surface area contributed by atoms with E-state index in [0.717, 1.165) is 22.1 Å². The van der Waals surface area contributed by atoms with Gasteiger partial charge in [-0.25, -0.2) is 9.78 Å². The summed E-state index contributed by atoms with van der Waals surface area (Å²) in [5, 5.41) is 5.59. The van der Waals surface area contributed by atoms with Gasteiger partial charge < -0.3 is 10.6 Å². The summed E-state index contributed by atoms with van der Waals surface area (Å²) in [5.74, 6) is -0.461. The Morgan fingerprint density at radius 2 is 1.65 bits per heavy atom. The van der Waals surface area contributed by atoms with E-state index in [4.69, 9.17) is 0 Å². The Bertz CT molecular complexity index is 1280. The highest BCUT2D eigenvalue weighted by molar-refractivity contribution is 5.90. The summed E-state index contributed by atoms with van der Waals surface area (Å²) in [7, 11) is 0. The highest BCUT2D eigenvalue weighted by Crippen LogP contribution is 2.35. The summed E-state index contributed by atoms with van der Waals surface area (Å²) in [5.41, 5.74) is 3.17. The van der Waals surface area contributed by atoms with E-state index >= 15 is 0 Å². The Morgan fingerprint density at radius 1 is 0.971 bits per heavy atom. The number of hydrogen-bond acceptors (Lipinski definition) is 2. The number of alkyl halides is 3. The van der Waals surface area contributed by atoms with Crippen molar-refractivity contribution in [2.24, 2.45) is 5.92 Å². The molecule has 4 aromatic rings. The molecule has 0 spiro atoms. The quantitative estimate of drug-likeness (QED) is 0.325. The van der Waals surface area contributed by atoms with Crippen LogP contribution in [0.2, 0.25) is 0 Å². The number of benzene rings is 3. The molecule has 0 saturated carbocycles. The lowest BCUT2D eigenvalue weighted by molar-refractivity contribution is -0.145. The molecule has 0 bridgehead atoms. The van der Waals surface area contributed by atoms with E-state index in [9.17, 15) is 18.0 Å². The summed E-state index contributed by atoms with van der Waals surface area (Å²) in [6, 6.07) is 20.3. The van der Waals surface area contributed by atoms with E-state index in [1.165, 1.54) is 0 Å². The van der Waals surface area contributed by atoms with Crippen molar-refractivity contribution in [3.05, 3.63) is 78.6 Å². The number of nitrogens with zero attached hydrogens (tertiary/aromatic N) is 2. The fourth-order valence-corrected chi connectivity index (χ4v) is 3.68. The molecular formula is C26H25F3N4O. The predicted molar refractivity (Wildman–Crippen MR) is 128 cm³/mol. The van der Waals surface area contributed by atoms with E-state index in [1.807, 2.05) is 12.1 Å². The van der Waals surface area contributed by atoms with Gasteiger partial charge in [-0.1, -0.05) is 50.2 Å².